The Labute approximate surface area is 186 Å². The first-order chi connectivity index (χ1) is 14.5. The minimum Gasteiger partial charge on any atom is -0.482 e. The topological polar surface area (TPSA) is 67.9 Å². The van der Waals surface area contributed by atoms with Crippen molar-refractivity contribution in [2.75, 3.05) is 11.6 Å². The van der Waals surface area contributed by atoms with Crippen molar-refractivity contribution in [1.29, 1.82) is 0 Å². The minimum absolute atomic E-state index is 0.286. The molecule has 0 aliphatic rings. The molecule has 2 aromatic carbocycles. The predicted octanol–water partition coefficient (Wildman–Crippen LogP) is 5.95. The molecule has 0 aliphatic heterocycles. The summed E-state index contributed by atoms with van der Waals surface area (Å²) in [7, 11) is 0. The van der Waals surface area contributed by atoms with Gasteiger partial charge in [0.2, 0.25) is 5.13 Å². The highest BCUT2D eigenvalue weighted by Crippen LogP contribution is 2.31. The van der Waals surface area contributed by atoms with Gasteiger partial charge in [0.25, 0.3) is 5.91 Å². The van der Waals surface area contributed by atoms with Crippen LogP contribution < -0.4 is 9.75 Å². The van der Waals surface area contributed by atoms with E-state index in [1.807, 2.05) is 25.1 Å². The maximum atomic E-state index is 13.0. The largest absolute Gasteiger partial charge is 0.482 e. The second-order valence-electron chi connectivity index (χ2n) is 6.30. The molecule has 1 amide bonds. The van der Waals surface area contributed by atoms with Crippen molar-refractivity contribution in [2.45, 2.75) is 6.92 Å². The van der Waals surface area contributed by atoms with Crippen LogP contribution in [0.5, 0.6) is 5.75 Å². The van der Waals surface area contributed by atoms with E-state index in [4.69, 9.17) is 32.4 Å². The van der Waals surface area contributed by atoms with E-state index in [9.17, 15) is 4.79 Å². The van der Waals surface area contributed by atoms with Crippen LogP contribution in [0.1, 0.15) is 11.3 Å². The van der Waals surface area contributed by atoms with Gasteiger partial charge in [-0.05, 0) is 55.0 Å². The number of carbonyl (C=O) groups excluding carboxylic acids is 1. The predicted molar refractivity (Wildman–Crippen MR) is 120 cm³/mol. The fraction of sp³-hybridized carbons (Fsp3) is 0.0952. The molecule has 0 aliphatic carbocycles. The number of aryl methyl sites for hydroxylation is 1. The summed E-state index contributed by atoms with van der Waals surface area (Å²) in [5, 5.41) is 6.70. The zero-order valence-corrected chi connectivity index (χ0v) is 18.0. The van der Waals surface area contributed by atoms with Gasteiger partial charge in [0.05, 0.1) is 27.7 Å². The summed E-state index contributed by atoms with van der Waals surface area (Å²) in [6.45, 7) is 1.71. The van der Waals surface area contributed by atoms with Crippen molar-refractivity contribution in [3.05, 3.63) is 76.2 Å². The van der Waals surface area contributed by atoms with Crippen molar-refractivity contribution in [3.63, 3.8) is 0 Å². The lowest BCUT2D eigenvalue weighted by Crippen LogP contribution is -2.30. The van der Waals surface area contributed by atoms with Crippen molar-refractivity contribution in [1.82, 2.24) is 4.98 Å². The highest BCUT2D eigenvalue weighted by molar-refractivity contribution is 7.22. The van der Waals surface area contributed by atoms with E-state index < -0.39 is 5.91 Å². The summed E-state index contributed by atoms with van der Waals surface area (Å²) in [6, 6.07) is 14.1. The highest BCUT2D eigenvalue weighted by atomic mass is 35.5. The molecule has 0 spiro atoms. The number of amides is 1. The first kappa shape index (κ1) is 20.4. The standard InChI is InChI=1S/C21H15Cl2N3O3S/c1-13-4-6-17-19(9-13)30-21(25-17)26(24-11-15-3-2-8-28-15)20(27)12-29-18-7-5-14(22)10-16(18)23/h2-11H,12H2,1H3/b24-11+. The summed E-state index contributed by atoms with van der Waals surface area (Å²) in [5.74, 6) is 0.440. The average molecular weight is 460 g/mol. The third kappa shape index (κ3) is 4.64. The molecule has 0 atom stereocenters. The Morgan fingerprint density at radius 1 is 1.27 bits per heavy atom. The molecule has 0 N–H and O–H groups in total. The number of rotatable bonds is 6. The van der Waals surface area contributed by atoms with Gasteiger partial charge in [-0.25, -0.2) is 4.98 Å². The van der Waals surface area contributed by atoms with Crippen LogP contribution in [0.4, 0.5) is 5.13 Å². The number of ether oxygens (including phenoxy) is 1. The van der Waals surface area contributed by atoms with Crippen LogP contribution in [0.15, 0.2) is 64.3 Å². The molecule has 9 heteroatoms. The molecule has 0 fully saturated rings. The van der Waals surface area contributed by atoms with Crippen LogP contribution in [0.2, 0.25) is 10.0 Å². The van der Waals surface area contributed by atoms with Crippen molar-refractivity contribution < 1.29 is 13.9 Å². The van der Waals surface area contributed by atoms with Crippen molar-refractivity contribution in [2.24, 2.45) is 5.10 Å². The number of halogens is 2. The van der Waals surface area contributed by atoms with Crippen LogP contribution in [-0.2, 0) is 4.79 Å². The van der Waals surface area contributed by atoms with Gasteiger partial charge in [0.1, 0.15) is 11.5 Å². The molecular formula is C21H15Cl2N3O3S. The van der Waals surface area contributed by atoms with Gasteiger partial charge in [-0.2, -0.15) is 10.1 Å². The quantitative estimate of drug-likeness (QED) is 0.263. The number of aromatic nitrogens is 1. The maximum Gasteiger partial charge on any atom is 0.287 e. The molecule has 2 heterocycles. The molecular weight excluding hydrogens is 445 g/mol. The van der Waals surface area contributed by atoms with Crippen LogP contribution in [0.25, 0.3) is 10.2 Å². The van der Waals surface area contributed by atoms with Crippen LogP contribution >= 0.6 is 34.5 Å². The number of fused-ring (bicyclic) bond motifs is 1. The zero-order chi connectivity index (χ0) is 21.1. The monoisotopic (exact) mass is 459 g/mol. The Morgan fingerprint density at radius 3 is 2.90 bits per heavy atom. The van der Waals surface area contributed by atoms with E-state index in [1.54, 1.807) is 30.3 Å². The Balaban J connectivity index is 1.60. The van der Waals surface area contributed by atoms with Gasteiger partial charge in [-0.15, -0.1) is 0 Å². The molecule has 0 unspecified atom stereocenters. The summed E-state index contributed by atoms with van der Waals surface area (Å²) < 4.78 is 11.8. The van der Waals surface area contributed by atoms with Crippen LogP contribution in [0.3, 0.4) is 0 Å². The minimum atomic E-state index is -0.417. The lowest BCUT2D eigenvalue weighted by molar-refractivity contribution is -0.120. The Morgan fingerprint density at radius 2 is 2.13 bits per heavy atom. The lowest BCUT2D eigenvalue weighted by Gasteiger charge is -2.14. The number of nitrogens with zero attached hydrogens (tertiary/aromatic N) is 3. The number of carbonyl (C=O) groups is 1. The van der Waals surface area contributed by atoms with Gasteiger partial charge < -0.3 is 9.15 Å². The number of furan rings is 1. The number of hydrazone groups is 1. The van der Waals surface area contributed by atoms with E-state index in [-0.39, 0.29) is 6.61 Å². The number of hydrogen-bond donors (Lipinski definition) is 0. The SMILES string of the molecule is Cc1ccc2nc(N(/N=C/c3ccco3)C(=O)COc3ccc(Cl)cc3Cl)sc2c1. The fourth-order valence-electron chi connectivity index (χ4n) is 2.60. The Hall–Kier alpha value is -2.87. The van der Waals surface area contributed by atoms with E-state index in [2.05, 4.69) is 10.1 Å². The summed E-state index contributed by atoms with van der Waals surface area (Å²) in [6.07, 6.45) is 2.98. The number of anilines is 1. The molecule has 0 bridgehead atoms. The maximum absolute atomic E-state index is 13.0. The lowest BCUT2D eigenvalue weighted by atomic mass is 10.2. The van der Waals surface area contributed by atoms with Crippen LogP contribution in [0, 0.1) is 6.92 Å². The van der Waals surface area contributed by atoms with Crippen molar-refractivity contribution >= 4 is 62.0 Å². The first-order valence-electron chi connectivity index (χ1n) is 8.85. The number of hydrogen-bond acceptors (Lipinski definition) is 6. The third-order valence-electron chi connectivity index (χ3n) is 4.04. The summed E-state index contributed by atoms with van der Waals surface area (Å²) in [4.78, 5) is 17.5. The highest BCUT2D eigenvalue weighted by Gasteiger charge is 2.20. The number of thiazole rings is 1. The smallest absolute Gasteiger partial charge is 0.287 e. The Kier molecular flexibility index (Phi) is 6.03. The number of benzene rings is 2. The second-order valence-corrected chi connectivity index (χ2v) is 8.15. The van der Waals surface area contributed by atoms with Gasteiger partial charge in [0, 0.05) is 5.02 Å². The normalized spacial score (nSPS) is 11.3. The third-order valence-corrected chi connectivity index (χ3v) is 5.56. The van der Waals surface area contributed by atoms with E-state index in [0.717, 1.165) is 15.8 Å². The second kappa shape index (κ2) is 8.87. The molecule has 30 heavy (non-hydrogen) atoms. The van der Waals surface area contributed by atoms with Crippen molar-refractivity contribution in [3.8, 4) is 5.75 Å². The van der Waals surface area contributed by atoms with Gasteiger partial charge in [-0.3, -0.25) is 4.79 Å². The average Bonchev–Trinajstić information content (AvgIpc) is 3.37. The fourth-order valence-corrected chi connectivity index (χ4v) is 4.11. The van der Waals surface area contributed by atoms with Gasteiger partial charge >= 0.3 is 0 Å². The molecule has 4 rings (SSSR count). The molecule has 0 saturated heterocycles. The molecule has 6 nitrogen and oxygen atoms in total. The first-order valence-corrected chi connectivity index (χ1v) is 10.4. The molecule has 0 radical (unpaired) electrons. The zero-order valence-electron chi connectivity index (χ0n) is 15.7. The van der Waals surface area contributed by atoms with Crippen LogP contribution in [-0.4, -0.2) is 23.7 Å². The van der Waals surface area contributed by atoms with E-state index >= 15 is 0 Å². The Bertz CT molecular complexity index is 1220. The molecule has 152 valence electrons. The van der Waals surface area contributed by atoms with E-state index in [1.165, 1.54) is 28.8 Å². The molecule has 4 aromatic rings. The molecule has 2 aromatic heterocycles. The summed E-state index contributed by atoms with van der Waals surface area (Å²) in [5.41, 5.74) is 1.89. The van der Waals surface area contributed by atoms with Gasteiger partial charge in [-0.1, -0.05) is 40.6 Å². The van der Waals surface area contributed by atoms with Gasteiger partial charge in [0.15, 0.2) is 6.61 Å². The molecule has 0 saturated carbocycles. The summed E-state index contributed by atoms with van der Waals surface area (Å²) >= 11 is 13.4. The van der Waals surface area contributed by atoms with E-state index in [0.29, 0.717) is 26.7 Å².